The fraction of sp³-hybridized carbons (Fsp3) is 0.739. The van der Waals surface area contributed by atoms with E-state index in [1.165, 1.54) is 69.9 Å². The summed E-state index contributed by atoms with van der Waals surface area (Å²) in [7, 11) is 0. The van der Waals surface area contributed by atoms with E-state index in [0.29, 0.717) is 24.7 Å². The molecule has 0 radical (unpaired) electrons. The molecule has 0 aromatic heterocycles. The summed E-state index contributed by atoms with van der Waals surface area (Å²) in [6.45, 7) is 3.54. The van der Waals surface area contributed by atoms with Gasteiger partial charge in [0.05, 0.1) is 13.2 Å². The quantitative estimate of drug-likeness (QED) is 0.462. The largest absolute Gasteiger partial charge is 0.348 e. The van der Waals surface area contributed by atoms with Crippen molar-refractivity contribution in [3.8, 4) is 0 Å². The molecule has 0 atom stereocenters. The van der Waals surface area contributed by atoms with Crippen LogP contribution < -0.4 is 0 Å². The minimum atomic E-state index is -0.855. The molecule has 1 saturated heterocycles. The summed E-state index contributed by atoms with van der Waals surface area (Å²) in [6.07, 6.45) is 12.9. The molecule has 2 fully saturated rings. The summed E-state index contributed by atoms with van der Waals surface area (Å²) in [5.74, 6) is 0.538. The molecule has 0 N–H and O–H groups in total. The number of ether oxygens (including phenoxy) is 2. The van der Waals surface area contributed by atoms with Crippen molar-refractivity contribution in [2.24, 2.45) is 17.8 Å². The Bertz CT molecular complexity index is 561. The number of rotatable bonds is 8. The molecule has 1 aliphatic heterocycles. The monoisotopic (exact) mass is 380 g/mol. The van der Waals surface area contributed by atoms with Crippen molar-refractivity contribution in [2.45, 2.75) is 77.4 Å². The van der Waals surface area contributed by atoms with Crippen molar-refractivity contribution in [1.29, 1.82) is 0 Å². The third kappa shape index (κ3) is 6.25. The van der Waals surface area contributed by atoms with E-state index >= 15 is 0 Å². The fourth-order valence-electron chi connectivity index (χ4n) is 4.52. The molecule has 2 nitrogen and oxygen atoms in total. The van der Waals surface area contributed by atoms with Crippen LogP contribution in [0.1, 0.15) is 83.0 Å². The second kappa shape index (κ2) is 10.5. The molecule has 1 aliphatic carbocycles. The number of hydrogen-bond acceptors (Lipinski definition) is 2. The summed E-state index contributed by atoms with van der Waals surface area (Å²) in [5.41, 5.74) is 0.550. The first-order valence-electron chi connectivity index (χ1n) is 10.8. The van der Waals surface area contributed by atoms with Crippen LogP contribution in [-0.4, -0.2) is 13.2 Å². The normalized spacial score (nSPS) is 29.0. The molecular formula is C23H34F2O2. The van der Waals surface area contributed by atoms with Crippen molar-refractivity contribution in [1.82, 2.24) is 0 Å². The van der Waals surface area contributed by atoms with Gasteiger partial charge in [-0.15, -0.1) is 0 Å². The van der Waals surface area contributed by atoms with Gasteiger partial charge in [-0.1, -0.05) is 70.8 Å². The Labute approximate surface area is 162 Å². The maximum Gasteiger partial charge on any atom is 0.183 e. The third-order valence-electron chi connectivity index (χ3n) is 6.35. The van der Waals surface area contributed by atoms with Crippen LogP contribution in [0.3, 0.4) is 0 Å². The summed E-state index contributed by atoms with van der Waals surface area (Å²) in [5, 5.41) is 0. The van der Waals surface area contributed by atoms with Gasteiger partial charge in [0.1, 0.15) is 0 Å². The Morgan fingerprint density at radius 2 is 1.44 bits per heavy atom. The van der Waals surface area contributed by atoms with Crippen LogP contribution in [0.25, 0.3) is 0 Å². The van der Waals surface area contributed by atoms with Crippen molar-refractivity contribution < 1.29 is 18.3 Å². The van der Waals surface area contributed by atoms with Crippen LogP contribution in [0.2, 0.25) is 0 Å². The number of hydrogen-bond donors (Lipinski definition) is 0. The van der Waals surface area contributed by atoms with E-state index in [1.807, 2.05) is 0 Å². The van der Waals surface area contributed by atoms with Gasteiger partial charge in [0.15, 0.2) is 17.9 Å². The van der Waals surface area contributed by atoms with Crippen LogP contribution in [0, 0.1) is 29.4 Å². The smallest absolute Gasteiger partial charge is 0.183 e. The van der Waals surface area contributed by atoms with Crippen LogP contribution >= 0.6 is 0 Å². The maximum absolute atomic E-state index is 13.4. The number of halogens is 2. The van der Waals surface area contributed by atoms with Gasteiger partial charge >= 0.3 is 0 Å². The lowest BCUT2D eigenvalue weighted by molar-refractivity contribution is -0.206. The lowest BCUT2D eigenvalue weighted by Crippen LogP contribution is -2.28. The average Bonchev–Trinajstić information content (AvgIpc) is 2.70. The molecule has 4 heteroatoms. The molecule has 0 unspecified atom stereocenters. The van der Waals surface area contributed by atoms with Gasteiger partial charge in [-0.2, -0.15) is 0 Å². The van der Waals surface area contributed by atoms with Crippen molar-refractivity contribution >= 4 is 0 Å². The zero-order valence-corrected chi connectivity index (χ0v) is 16.6. The highest BCUT2D eigenvalue weighted by molar-refractivity contribution is 5.19. The maximum atomic E-state index is 13.4. The van der Waals surface area contributed by atoms with E-state index in [-0.39, 0.29) is 0 Å². The Hall–Kier alpha value is -1.00. The van der Waals surface area contributed by atoms with Gasteiger partial charge in [0.2, 0.25) is 0 Å². The molecule has 27 heavy (non-hydrogen) atoms. The van der Waals surface area contributed by atoms with E-state index in [2.05, 4.69) is 6.92 Å². The molecule has 0 amide bonds. The first-order chi connectivity index (χ1) is 13.2. The van der Waals surface area contributed by atoms with Gasteiger partial charge in [-0.05, 0) is 30.4 Å². The van der Waals surface area contributed by atoms with Gasteiger partial charge in [-0.25, -0.2) is 8.78 Å². The molecule has 1 aromatic rings. The lowest BCUT2D eigenvalue weighted by Gasteiger charge is -2.32. The number of benzene rings is 1. The Balaban J connectivity index is 1.32. The van der Waals surface area contributed by atoms with Crippen LogP contribution in [0.4, 0.5) is 8.78 Å². The third-order valence-corrected chi connectivity index (χ3v) is 6.35. The predicted molar refractivity (Wildman–Crippen MR) is 103 cm³/mol. The minimum absolute atomic E-state index is 0.411. The topological polar surface area (TPSA) is 18.5 Å². The zero-order valence-electron chi connectivity index (χ0n) is 16.6. The van der Waals surface area contributed by atoms with Gasteiger partial charge in [-0.3, -0.25) is 0 Å². The van der Waals surface area contributed by atoms with E-state index in [0.717, 1.165) is 24.3 Å². The van der Waals surface area contributed by atoms with Gasteiger partial charge in [0, 0.05) is 11.5 Å². The fourth-order valence-corrected chi connectivity index (χ4v) is 4.52. The summed E-state index contributed by atoms with van der Waals surface area (Å²) in [4.78, 5) is 0. The molecule has 1 saturated carbocycles. The van der Waals surface area contributed by atoms with E-state index < -0.39 is 17.9 Å². The number of unbranched alkanes of at least 4 members (excludes halogenated alkanes) is 2. The van der Waals surface area contributed by atoms with Gasteiger partial charge in [0.25, 0.3) is 0 Å². The van der Waals surface area contributed by atoms with Crippen molar-refractivity contribution in [3.63, 3.8) is 0 Å². The van der Waals surface area contributed by atoms with Crippen molar-refractivity contribution in [3.05, 3.63) is 35.4 Å². The second-order valence-electron chi connectivity index (χ2n) is 8.50. The molecule has 0 spiro atoms. The highest BCUT2D eigenvalue weighted by atomic mass is 19.2. The van der Waals surface area contributed by atoms with Crippen LogP contribution in [0.5, 0.6) is 0 Å². The van der Waals surface area contributed by atoms with E-state index in [9.17, 15) is 8.78 Å². The summed E-state index contributed by atoms with van der Waals surface area (Å²) in [6, 6.07) is 3.82. The molecular weight excluding hydrogens is 346 g/mol. The molecule has 1 aromatic carbocycles. The summed E-state index contributed by atoms with van der Waals surface area (Å²) < 4.78 is 38.0. The molecule has 2 aliphatic rings. The van der Waals surface area contributed by atoms with Crippen molar-refractivity contribution in [2.75, 3.05) is 13.2 Å². The second-order valence-corrected chi connectivity index (χ2v) is 8.50. The Morgan fingerprint density at radius 1 is 0.815 bits per heavy atom. The van der Waals surface area contributed by atoms with Crippen LogP contribution in [0.15, 0.2) is 18.2 Å². The standard InChI is InChI=1S/C23H34F2O2/c1-2-3-4-5-17-6-8-18(9-7-17)10-11-19-15-26-23(27-16-19)20-12-13-21(24)22(25)14-20/h12-14,17-19,23H,2-11,15-16H2,1H3/t17-,18-,19-,23-. The Kier molecular flexibility index (Phi) is 8.07. The van der Waals surface area contributed by atoms with E-state index in [1.54, 1.807) is 0 Å². The van der Waals surface area contributed by atoms with Gasteiger partial charge < -0.3 is 9.47 Å². The summed E-state index contributed by atoms with van der Waals surface area (Å²) >= 11 is 0. The highest BCUT2D eigenvalue weighted by Gasteiger charge is 2.26. The van der Waals surface area contributed by atoms with Crippen LogP contribution in [-0.2, 0) is 9.47 Å². The lowest BCUT2D eigenvalue weighted by atomic mass is 9.77. The van der Waals surface area contributed by atoms with E-state index in [4.69, 9.17) is 9.47 Å². The molecule has 152 valence electrons. The zero-order chi connectivity index (χ0) is 19.1. The average molecular weight is 381 g/mol. The predicted octanol–water partition coefficient (Wildman–Crippen LogP) is 6.79. The molecule has 3 rings (SSSR count). The SMILES string of the molecule is CCCCC[C@H]1CC[C@H](CC[C@H]2CO[C@H](c3ccc(F)c(F)c3)OC2)CC1. The molecule has 1 heterocycles. The minimum Gasteiger partial charge on any atom is -0.348 e. The highest BCUT2D eigenvalue weighted by Crippen LogP contribution is 2.36. The first kappa shape index (κ1) is 20.7. The first-order valence-corrected chi connectivity index (χ1v) is 10.8. The molecule has 0 bridgehead atoms. The Morgan fingerprint density at radius 3 is 2.07 bits per heavy atom.